The number of hydrogen-bond donors (Lipinski definition) is 1. The SMILES string of the molecule is Cn1nc(CC2CCC2)c(-c2c(Cl)cccc2Cl)c1N. The Kier molecular flexibility index (Phi) is 3.65. The smallest absolute Gasteiger partial charge is 0.129 e. The van der Waals surface area contributed by atoms with Crippen molar-refractivity contribution in [3.8, 4) is 11.1 Å². The summed E-state index contributed by atoms with van der Waals surface area (Å²) in [5.41, 5.74) is 8.90. The number of benzene rings is 1. The number of nitrogens with two attached hydrogens (primary N) is 1. The van der Waals surface area contributed by atoms with Gasteiger partial charge in [0.05, 0.1) is 15.7 Å². The minimum atomic E-state index is 0.618. The fourth-order valence-corrected chi connectivity index (χ4v) is 3.30. The van der Waals surface area contributed by atoms with Crippen molar-refractivity contribution in [2.45, 2.75) is 25.7 Å². The van der Waals surface area contributed by atoms with E-state index in [1.807, 2.05) is 25.2 Å². The molecule has 1 heterocycles. The van der Waals surface area contributed by atoms with Gasteiger partial charge < -0.3 is 5.73 Å². The molecule has 1 aromatic heterocycles. The van der Waals surface area contributed by atoms with E-state index in [-0.39, 0.29) is 0 Å². The number of nitrogens with zero attached hydrogens (tertiary/aromatic N) is 2. The standard InChI is InChI=1S/C15H17Cl2N3/c1-20-15(18)14(12(19-20)8-9-4-2-5-9)13-10(16)6-3-7-11(13)17/h3,6-7,9H,2,4-5,8,18H2,1H3. The van der Waals surface area contributed by atoms with Crippen molar-refractivity contribution in [1.82, 2.24) is 9.78 Å². The van der Waals surface area contributed by atoms with E-state index in [1.54, 1.807) is 4.68 Å². The molecule has 0 saturated heterocycles. The molecule has 5 heteroatoms. The van der Waals surface area contributed by atoms with Crippen LogP contribution in [0.2, 0.25) is 10.0 Å². The molecular formula is C15H17Cl2N3. The molecule has 1 aromatic carbocycles. The predicted octanol–water partition coefficient (Wildman–Crippen LogP) is 4.32. The van der Waals surface area contributed by atoms with Crippen molar-refractivity contribution in [2.24, 2.45) is 13.0 Å². The Balaban J connectivity index is 2.11. The highest BCUT2D eigenvalue weighted by molar-refractivity contribution is 6.39. The summed E-state index contributed by atoms with van der Waals surface area (Å²) in [7, 11) is 1.86. The van der Waals surface area contributed by atoms with Gasteiger partial charge in [-0.1, -0.05) is 48.5 Å². The molecule has 0 aliphatic heterocycles. The lowest BCUT2D eigenvalue weighted by Gasteiger charge is -2.24. The Morgan fingerprint density at radius 3 is 2.45 bits per heavy atom. The molecule has 0 spiro atoms. The van der Waals surface area contributed by atoms with E-state index in [1.165, 1.54) is 19.3 Å². The number of halogens is 2. The Morgan fingerprint density at radius 2 is 1.90 bits per heavy atom. The van der Waals surface area contributed by atoms with Gasteiger partial charge in [0.2, 0.25) is 0 Å². The summed E-state index contributed by atoms with van der Waals surface area (Å²) < 4.78 is 1.71. The zero-order chi connectivity index (χ0) is 14.3. The first kappa shape index (κ1) is 13.8. The topological polar surface area (TPSA) is 43.8 Å². The van der Waals surface area contributed by atoms with Crippen LogP contribution in [0.3, 0.4) is 0 Å². The van der Waals surface area contributed by atoms with Crippen molar-refractivity contribution >= 4 is 29.0 Å². The van der Waals surface area contributed by atoms with Crippen molar-refractivity contribution < 1.29 is 0 Å². The molecule has 1 aliphatic carbocycles. The summed E-state index contributed by atoms with van der Waals surface area (Å²) in [6.45, 7) is 0. The Labute approximate surface area is 128 Å². The molecule has 1 saturated carbocycles. The van der Waals surface area contributed by atoms with Crippen molar-refractivity contribution in [3.63, 3.8) is 0 Å². The van der Waals surface area contributed by atoms with Crippen LogP contribution in [-0.2, 0) is 13.5 Å². The molecule has 0 atom stereocenters. The van der Waals surface area contributed by atoms with Crippen LogP contribution in [0, 0.1) is 5.92 Å². The zero-order valence-corrected chi connectivity index (χ0v) is 12.9. The third-order valence-corrected chi connectivity index (χ3v) is 4.71. The number of hydrogen-bond acceptors (Lipinski definition) is 2. The Bertz CT molecular complexity index is 625. The highest BCUT2D eigenvalue weighted by atomic mass is 35.5. The van der Waals surface area contributed by atoms with E-state index >= 15 is 0 Å². The van der Waals surface area contributed by atoms with Crippen LogP contribution >= 0.6 is 23.2 Å². The van der Waals surface area contributed by atoms with Gasteiger partial charge in [-0.15, -0.1) is 0 Å². The number of rotatable bonds is 3. The summed E-state index contributed by atoms with van der Waals surface area (Å²) in [6, 6.07) is 5.51. The van der Waals surface area contributed by atoms with E-state index in [0.717, 1.165) is 23.2 Å². The Morgan fingerprint density at radius 1 is 1.25 bits per heavy atom. The first-order valence-electron chi connectivity index (χ1n) is 6.83. The maximum atomic E-state index is 6.32. The molecule has 106 valence electrons. The van der Waals surface area contributed by atoms with Crippen LogP contribution in [0.15, 0.2) is 18.2 Å². The minimum Gasteiger partial charge on any atom is -0.383 e. The highest BCUT2D eigenvalue weighted by Gasteiger charge is 2.25. The largest absolute Gasteiger partial charge is 0.383 e. The normalized spacial score (nSPS) is 15.3. The number of anilines is 1. The van der Waals surface area contributed by atoms with Crippen LogP contribution in [0.1, 0.15) is 25.0 Å². The molecule has 0 bridgehead atoms. The van der Waals surface area contributed by atoms with Crippen LogP contribution in [0.4, 0.5) is 5.82 Å². The highest BCUT2D eigenvalue weighted by Crippen LogP contribution is 2.41. The average Bonchev–Trinajstić information content (AvgIpc) is 2.61. The summed E-state index contributed by atoms with van der Waals surface area (Å²) in [6.07, 6.45) is 4.80. The van der Waals surface area contributed by atoms with Crippen molar-refractivity contribution in [3.05, 3.63) is 33.9 Å². The third kappa shape index (κ3) is 2.29. The first-order chi connectivity index (χ1) is 9.58. The van der Waals surface area contributed by atoms with Crippen LogP contribution in [0.25, 0.3) is 11.1 Å². The molecule has 20 heavy (non-hydrogen) atoms. The lowest BCUT2D eigenvalue weighted by Crippen LogP contribution is -2.14. The average molecular weight is 310 g/mol. The maximum absolute atomic E-state index is 6.32. The quantitative estimate of drug-likeness (QED) is 0.917. The molecule has 3 nitrogen and oxygen atoms in total. The second kappa shape index (κ2) is 5.30. The molecule has 0 unspecified atom stereocenters. The molecule has 3 rings (SSSR count). The van der Waals surface area contributed by atoms with E-state index < -0.39 is 0 Å². The van der Waals surface area contributed by atoms with E-state index in [4.69, 9.17) is 28.9 Å². The summed E-state index contributed by atoms with van der Waals surface area (Å²) in [5.74, 6) is 1.33. The lowest BCUT2D eigenvalue weighted by atomic mass is 9.81. The van der Waals surface area contributed by atoms with Gasteiger partial charge in [-0.25, -0.2) is 0 Å². The monoisotopic (exact) mass is 309 g/mol. The number of aromatic nitrogens is 2. The fraction of sp³-hybridized carbons (Fsp3) is 0.400. The van der Waals surface area contributed by atoms with E-state index in [0.29, 0.717) is 21.8 Å². The molecular weight excluding hydrogens is 293 g/mol. The fourth-order valence-electron chi connectivity index (χ4n) is 2.72. The Hall–Kier alpha value is -1.19. The van der Waals surface area contributed by atoms with Crippen LogP contribution in [-0.4, -0.2) is 9.78 Å². The maximum Gasteiger partial charge on any atom is 0.129 e. The summed E-state index contributed by atoms with van der Waals surface area (Å²) >= 11 is 12.6. The van der Waals surface area contributed by atoms with E-state index in [2.05, 4.69) is 5.10 Å². The van der Waals surface area contributed by atoms with Gasteiger partial charge in [-0.2, -0.15) is 5.10 Å². The molecule has 1 fully saturated rings. The molecule has 0 radical (unpaired) electrons. The molecule has 1 aliphatic rings. The van der Waals surface area contributed by atoms with Gasteiger partial charge in [-0.3, -0.25) is 4.68 Å². The van der Waals surface area contributed by atoms with Gasteiger partial charge in [-0.05, 0) is 24.5 Å². The van der Waals surface area contributed by atoms with Crippen LogP contribution < -0.4 is 5.73 Å². The zero-order valence-electron chi connectivity index (χ0n) is 11.4. The van der Waals surface area contributed by atoms with Gasteiger partial charge in [0, 0.05) is 18.2 Å². The minimum absolute atomic E-state index is 0.618. The first-order valence-corrected chi connectivity index (χ1v) is 7.59. The van der Waals surface area contributed by atoms with Gasteiger partial charge in [0.1, 0.15) is 5.82 Å². The predicted molar refractivity (Wildman–Crippen MR) is 84.1 cm³/mol. The van der Waals surface area contributed by atoms with E-state index in [9.17, 15) is 0 Å². The van der Waals surface area contributed by atoms with Crippen molar-refractivity contribution in [2.75, 3.05) is 5.73 Å². The molecule has 2 N–H and O–H groups in total. The van der Waals surface area contributed by atoms with Crippen LogP contribution in [0.5, 0.6) is 0 Å². The second-order valence-electron chi connectivity index (χ2n) is 5.43. The second-order valence-corrected chi connectivity index (χ2v) is 6.24. The number of nitrogen functional groups attached to an aromatic ring is 1. The third-order valence-electron chi connectivity index (χ3n) is 4.08. The van der Waals surface area contributed by atoms with Crippen molar-refractivity contribution in [1.29, 1.82) is 0 Å². The van der Waals surface area contributed by atoms with Gasteiger partial charge in [0.15, 0.2) is 0 Å². The lowest BCUT2D eigenvalue weighted by molar-refractivity contribution is 0.311. The summed E-state index contributed by atoms with van der Waals surface area (Å²) in [4.78, 5) is 0. The molecule has 2 aromatic rings. The number of aryl methyl sites for hydroxylation is 1. The molecule has 0 amide bonds. The summed E-state index contributed by atoms with van der Waals surface area (Å²) in [5, 5.41) is 5.80. The van der Waals surface area contributed by atoms with Gasteiger partial charge >= 0.3 is 0 Å². The van der Waals surface area contributed by atoms with Gasteiger partial charge in [0.25, 0.3) is 0 Å².